The maximum Gasteiger partial charge on any atom is 0.0117 e. The molecule has 4 heteroatoms. The van der Waals surface area contributed by atoms with Gasteiger partial charge in [-0.25, -0.2) is 0 Å². The van der Waals surface area contributed by atoms with Gasteiger partial charge in [0.25, 0.3) is 0 Å². The van der Waals surface area contributed by atoms with Crippen LogP contribution in [0, 0.1) is 0 Å². The van der Waals surface area contributed by atoms with Gasteiger partial charge in [-0.2, -0.15) is 0 Å². The molecule has 1 aliphatic heterocycles. The minimum Gasteiger partial charge on any atom is -0.314 e. The lowest BCUT2D eigenvalue weighted by Crippen LogP contribution is -2.44. The molecule has 0 spiro atoms. The first-order valence-electron chi connectivity index (χ1n) is 7.99. The van der Waals surface area contributed by atoms with Crippen LogP contribution in [0.3, 0.4) is 0 Å². The van der Waals surface area contributed by atoms with E-state index in [0.29, 0.717) is 0 Å². The molecule has 0 bridgehead atoms. The van der Waals surface area contributed by atoms with Gasteiger partial charge >= 0.3 is 0 Å². The molecule has 0 amide bonds. The molecule has 1 N–H and O–H groups in total. The lowest BCUT2D eigenvalue weighted by Gasteiger charge is -2.35. The molecule has 1 heterocycles. The van der Waals surface area contributed by atoms with Crippen LogP contribution < -0.4 is 5.32 Å². The van der Waals surface area contributed by atoms with Gasteiger partial charge in [0, 0.05) is 32.2 Å². The van der Waals surface area contributed by atoms with E-state index in [-0.39, 0.29) is 0 Å². The van der Waals surface area contributed by atoms with Crippen LogP contribution in [-0.4, -0.2) is 87.2 Å². The standard InChI is InChI=1S/C15H34N4/c1-5-19(6-2)14-10-16-9-13-18(4)15-7-11-17(3)12-8-15/h15-16H,5-14H2,1-4H3. The fraction of sp³-hybridized carbons (Fsp3) is 1.00. The van der Waals surface area contributed by atoms with Gasteiger partial charge in [-0.1, -0.05) is 13.8 Å². The number of rotatable bonds is 9. The molecule has 0 aromatic carbocycles. The van der Waals surface area contributed by atoms with Crippen LogP contribution in [0.1, 0.15) is 26.7 Å². The highest BCUT2D eigenvalue weighted by molar-refractivity contribution is 4.77. The number of piperidine rings is 1. The highest BCUT2D eigenvalue weighted by atomic mass is 15.2. The molecule has 1 aliphatic rings. The van der Waals surface area contributed by atoms with Crippen molar-refractivity contribution in [3.63, 3.8) is 0 Å². The van der Waals surface area contributed by atoms with Crippen molar-refractivity contribution in [2.75, 3.05) is 66.5 Å². The van der Waals surface area contributed by atoms with Gasteiger partial charge in [0.15, 0.2) is 0 Å². The zero-order valence-electron chi connectivity index (χ0n) is 13.5. The average molecular weight is 270 g/mol. The van der Waals surface area contributed by atoms with Crippen LogP contribution >= 0.6 is 0 Å². The first kappa shape index (κ1) is 16.9. The molecular weight excluding hydrogens is 236 g/mol. The Labute approximate surface area is 120 Å². The van der Waals surface area contributed by atoms with Gasteiger partial charge < -0.3 is 20.0 Å². The Balaban J connectivity index is 2.02. The molecule has 0 atom stereocenters. The second-order valence-electron chi connectivity index (χ2n) is 5.79. The highest BCUT2D eigenvalue weighted by Crippen LogP contribution is 2.13. The number of likely N-dealkylation sites (N-methyl/N-ethyl adjacent to an activating group) is 2. The van der Waals surface area contributed by atoms with E-state index in [0.717, 1.165) is 32.2 Å². The van der Waals surface area contributed by atoms with Crippen LogP contribution in [0.2, 0.25) is 0 Å². The summed E-state index contributed by atoms with van der Waals surface area (Å²) >= 11 is 0. The molecule has 0 saturated carbocycles. The Bertz CT molecular complexity index is 210. The van der Waals surface area contributed by atoms with E-state index >= 15 is 0 Å². The monoisotopic (exact) mass is 270 g/mol. The van der Waals surface area contributed by atoms with Crippen LogP contribution in [-0.2, 0) is 0 Å². The third kappa shape index (κ3) is 6.70. The summed E-state index contributed by atoms with van der Waals surface area (Å²) in [6.45, 7) is 13.9. The van der Waals surface area contributed by atoms with Crippen LogP contribution in [0.25, 0.3) is 0 Å². The number of nitrogens with one attached hydrogen (secondary N) is 1. The second kappa shape index (κ2) is 9.70. The summed E-state index contributed by atoms with van der Waals surface area (Å²) in [6.07, 6.45) is 2.65. The minimum atomic E-state index is 0.792. The zero-order valence-corrected chi connectivity index (χ0v) is 13.5. The van der Waals surface area contributed by atoms with E-state index in [1.54, 1.807) is 0 Å². The molecular formula is C15H34N4. The van der Waals surface area contributed by atoms with Crippen molar-refractivity contribution in [2.45, 2.75) is 32.7 Å². The van der Waals surface area contributed by atoms with Gasteiger partial charge in [-0.15, -0.1) is 0 Å². The Morgan fingerprint density at radius 3 is 2.21 bits per heavy atom. The van der Waals surface area contributed by atoms with E-state index in [1.165, 1.54) is 39.0 Å². The molecule has 1 saturated heterocycles. The smallest absolute Gasteiger partial charge is 0.0117 e. The third-order valence-corrected chi connectivity index (χ3v) is 4.45. The Hall–Kier alpha value is -0.160. The molecule has 1 rings (SSSR count). The Kier molecular flexibility index (Phi) is 8.62. The molecule has 1 fully saturated rings. The predicted molar refractivity (Wildman–Crippen MR) is 83.8 cm³/mol. The summed E-state index contributed by atoms with van der Waals surface area (Å²) in [6, 6.07) is 0.792. The molecule has 4 nitrogen and oxygen atoms in total. The molecule has 114 valence electrons. The number of likely N-dealkylation sites (tertiary alicyclic amines) is 1. The Morgan fingerprint density at radius 1 is 1.05 bits per heavy atom. The lowest BCUT2D eigenvalue weighted by atomic mass is 10.0. The number of nitrogens with zero attached hydrogens (tertiary/aromatic N) is 3. The number of hydrogen-bond acceptors (Lipinski definition) is 4. The Morgan fingerprint density at radius 2 is 1.63 bits per heavy atom. The van der Waals surface area contributed by atoms with Gasteiger partial charge in [0.1, 0.15) is 0 Å². The van der Waals surface area contributed by atoms with E-state index in [1.807, 2.05) is 0 Å². The van der Waals surface area contributed by atoms with Crippen molar-refractivity contribution in [3.05, 3.63) is 0 Å². The predicted octanol–water partition coefficient (Wildman–Crippen LogP) is 0.944. The summed E-state index contributed by atoms with van der Waals surface area (Å²) in [5.74, 6) is 0. The second-order valence-corrected chi connectivity index (χ2v) is 5.79. The molecule has 0 aliphatic carbocycles. The zero-order chi connectivity index (χ0) is 14.1. The summed E-state index contributed by atoms with van der Waals surface area (Å²) in [4.78, 5) is 7.44. The van der Waals surface area contributed by atoms with E-state index in [9.17, 15) is 0 Å². The van der Waals surface area contributed by atoms with Crippen molar-refractivity contribution in [1.29, 1.82) is 0 Å². The minimum absolute atomic E-state index is 0.792. The topological polar surface area (TPSA) is 21.8 Å². The van der Waals surface area contributed by atoms with E-state index in [2.05, 4.69) is 48.0 Å². The molecule has 0 radical (unpaired) electrons. The van der Waals surface area contributed by atoms with Gasteiger partial charge in [0.05, 0.1) is 0 Å². The summed E-state index contributed by atoms with van der Waals surface area (Å²) in [7, 11) is 4.51. The van der Waals surface area contributed by atoms with Gasteiger partial charge in [-0.05, 0) is 53.1 Å². The van der Waals surface area contributed by atoms with Crippen molar-refractivity contribution in [1.82, 2.24) is 20.0 Å². The average Bonchev–Trinajstić information content (AvgIpc) is 2.43. The largest absolute Gasteiger partial charge is 0.314 e. The van der Waals surface area contributed by atoms with Crippen molar-refractivity contribution >= 4 is 0 Å². The molecule has 19 heavy (non-hydrogen) atoms. The summed E-state index contributed by atoms with van der Waals surface area (Å²) < 4.78 is 0. The first-order chi connectivity index (χ1) is 9.17. The number of hydrogen-bond donors (Lipinski definition) is 1. The normalized spacial score (nSPS) is 18.6. The van der Waals surface area contributed by atoms with Crippen LogP contribution in [0.5, 0.6) is 0 Å². The van der Waals surface area contributed by atoms with Gasteiger partial charge in [0.2, 0.25) is 0 Å². The molecule has 0 aromatic rings. The van der Waals surface area contributed by atoms with Crippen molar-refractivity contribution < 1.29 is 0 Å². The SMILES string of the molecule is CCN(CC)CCNCCN(C)C1CCN(C)CC1. The quantitative estimate of drug-likeness (QED) is 0.630. The lowest BCUT2D eigenvalue weighted by molar-refractivity contribution is 0.144. The highest BCUT2D eigenvalue weighted by Gasteiger charge is 2.19. The maximum atomic E-state index is 3.57. The fourth-order valence-corrected chi connectivity index (χ4v) is 2.78. The molecule has 0 aromatic heterocycles. The summed E-state index contributed by atoms with van der Waals surface area (Å²) in [5.41, 5.74) is 0. The fourth-order valence-electron chi connectivity index (χ4n) is 2.78. The summed E-state index contributed by atoms with van der Waals surface area (Å²) in [5, 5.41) is 3.57. The maximum absolute atomic E-state index is 3.57. The van der Waals surface area contributed by atoms with E-state index < -0.39 is 0 Å². The van der Waals surface area contributed by atoms with Crippen molar-refractivity contribution in [2.24, 2.45) is 0 Å². The van der Waals surface area contributed by atoms with Gasteiger partial charge in [-0.3, -0.25) is 0 Å². The molecule has 0 unspecified atom stereocenters. The van der Waals surface area contributed by atoms with Crippen LogP contribution in [0.4, 0.5) is 0 Å². The van der Waals surface area contributed by atoms with Crippen molar-refractivity contribution in [3.8, 4) is 0 Å². The first-order valence-corrected chi connectivity index (χ1v) is 7.99. The van der Waals surface area contributed by atoms with E-state index in [4.69, 9.17) is 0 Å². The van der Waals surface area contributed by atoms with Crippen LogP contribution in [0.15, 0.2) is 0 Å². The third-order valence-electron chi connectivity index (χ3n) is 4.45.